The SMILES string of the molecule is N=C1CCCN1c1ccc2c(c1)OCO2. The van der Waals surface area contributed by atoms with E-state index in [1.165, 1.54) is 0 Å². The third-order valence-electron chi connectivity index (χ3n) is 2.79. The number of nitrogens with one attached hydrogen (secondary N) is 1. The van der Waals surface area contributed by atoms with Gasteiger partial charge < -0.3 is 14.4 Å². The van der Waals surface area contributed by atoms with Crippen LogP contribution in [-0.2, 0) is 0 Å². The number of fused-ring (bicyclic) bond motifs is 1. The quantitative estimate of drug-likeness (QED) is 0.760. The van der Waals surface area contributed by atoms with Gasteiger partial charge in [0.2, 0.25) is 6.79 Å². The van der Waals surface area contributed by atoms with Crippen LogP contribution >= 0.6 is 0 Å². The number of anilines is 1. The molecule has 1 N–H and O–H groups in total. The Morgan fingerprint density at radius 1 is 1.20 bits per heavy atom. The van der Waals surface area contributed by atoms with Gasteiger partial charge in [0.05, 0.1) is 0 Å². The maximum absolute atomic E-state index is 7.79. The minimum absolute atomic E-state index is 0.302. The number of hydrogen-bond acceptors (Lipinski definition) is 3. The lowest BCUT2D eigenvalue weighted by Gasteiger charge is -2.17. The molecule has 1 saturated heterocycles. The first kappa shape index (κ1) is 8.59. The summed E-state index contributed by atoms with van der Waals surface area (Å²) in [6.45, 7) is 1.23. The number of nitrogens with zero attached hydrogens (tertiary/aromatic N) is 1. The fourth-order valence-electron chi connectivity index (χ4n) is 2.01. The molecule has 0 atom stereocenters. The minimum Gasteiger partial charge on any atom is -0.454 e. The molecule has 0 aliphatic carbocycles. The molecular weight excluding hydrogens is 192 g/mol. The molecule has 0 aromatic heterocycles. The monoisotopic (exact) mass is 204 g/mol. The largest absolute Gasteiger partial charge is 0.454 e. The molecule has 78 valence electrons. The average molecular weight is 204 g/mol. The van der Waals surface area contributed by atoms with E-state index in [1.807, 2.05) is 23.1 Å². The first-order valence-electron chi connectivity index (χ1n) is 5.09. The van der Waals surface area contributed by atoms with Gasteiger partial charge in [0.1, 0.15) is 5.84 Å². The van der Waals surface area contributed by atoms with Crippen molar-refractivity contribution in [2.75, 3.05) is 18.2 Å². The van der Waals surface area contributed by atoms with Crippen LogP contribution in [-0.4, -0.2) is 19.2 Å². The van der Waals surface area contributed by atoms with Crippen molar-refractivity contribution >= 4 is 11.5 Å². The number of benzene rings is 1. The van der Waals surface area contributed by atoms with Crippen molar-refractivity contribution in [3.63, 3.8) is 0 Å². The summed E-state index contributed by atoms with van der Waals surface area (Å²) in [5.74, 6) is 2.27. The van der Waals surface area contributed by atoms with Gasteiger partial charge in [-0.05, 0) is 18.6 Å². The van der Waals surface area contributed by atoms with E-state index in [9.17, 15) is 0 Å². The van der Waals surface area contributed by atoms with E-state index in [0.717, 1.165) is 36.6 Å². The highest BCUT2D eigenvalue weighted by molar-refractivity contribution is 5.97. The van der Waals surface area contributed by atoms with Crippen molar-refractivity contribution in [2.24, 2.45) is 0 Å². The zero-order valence-corrected chi connectivity index (χ0v) is 8.32. The van der Waals surface area contributed by atoms with E-state index in [1.54, 1.807) is 0 Å². The van der Waals surface area contributed by atoms with Crippen LogP contribution in [0.4, 0.5) is 5.69 Å². The van der Waals surface area contributed by atoms with Gasteiger partial charge in [-0.3, -0.25) is 5.41 Å². The molecule has 0 saturated carbocycles. The summed E-state index contributed by atoms with van der Waals surface area (Å²) >= 11 is 0. The van der Waals surface area contributed by atoms with Crippen LogP contribution in [0.3, 0.4) is 0 Å². The summed E-state index contributed by atoms with van der Waals surface area (Å²) in [5.41, 5.74) is 1.03. The molecule has 2 heterocycles. The van der Waals surface area contributed by atoms with Gasteiger partial charge >= 0.3 is 0 Å². The molecule has 0 spiro atoms. The molecule has 0 bridgehead atoms. The molecule has 1 fully saturated rings. The van der Waals surface area contributed by atoms with Gasteiger partial charge in [-0.1, -0.05) is 0 Å². The average Bonchev–Trinajstić information content (AvgIpc) is 2.84. The second-order valence-corrected chi connectivity index (χ2v) is 3.74. The third-order valence-corrected chi connectivity index (χ3v) is 2.79. The van der Waals surface area contributed by atoms with Crippen LogP contribution in [0.25, 0.3) is 0 Å². The Hall–Kier alpha value is -1.71. The topological polar surface area (TPSA) is 45.6 Å². The van der Waals surface area contributed by atoms with Crippen molar-refractivity contribution < 1.29 is 9.47 Å². The van der Waals surface area contributed by atoms with Gasteiger partial charge in [0.25, 0.3) is 0 Å². The highest BCUT2D eigenvalue weighted by Crippen LogP contribution is 2.36. The molecule has 2 aliphatic heterocycles. The summed E-state index contributed by atoms with van der Waals surface area (Å²) < 4.78 is 10.6. The van der Waals surface area contributed by atoms with E-state index >= 15 is 0 Å². The van der Waals surface area contributed by atoms with Gasteiger partial charge in [-0.15, -0.1) is 0 Å². The highest BCUT2D eigenvalue weighted by atomic mass is 16.7. The molecule has 2 aliphatic rings. The van der Waals surface area contributed by atoms with Gasteiger partial charge in [0, 0.05) is 24.7 Å². The van der Waals surface area contributed by atoms with Crippen molar-refractivity contribution in [2.45, 2.75) is 12.8 Å². The normalized spacial score (nSPS) is 18.7. The van der Waals surface area contributed by atoms with Gasteiger partial charge in [0.15, 0.2) is 11.5 Å². The standard InChI is InChI=1S/C11H12N2O2/c12-11-2-1-5-13(11)8-3-4-9-10(6-8)15-7-14-9/h3-4,6,12H,1-2,5,7H2. The second kappa shape index (κ2) is 3.15. The lowest BCUT2D eigenvalue weighted by atomic mass is 10.2. The summed E-state index contributed by atoms with van der Waals surface area (Å²) in [7, 11) is 0. The molecule has 4 nitrogen and oxygen atoms in total. The predicted molar refractivity (Wildman–Crippen MR) is 56.9 cm³/mol. The Kier molecular flexibility index (Phi) is 1.80. The summed E-state index contributed by atoms with van der Waals surface area (Å²) in [6, 6.07) is 5.83. The van der Waals surface area contributed by atoms with E-state index in [0.29, 0.717) is 12.6 Å². The van der Waals surface area contributed by atoms with E-state index < -0.39 is 0 Å². The predicted octanol–water partition coefficient (Wildman–Crippen LogP) is 1.99. The Labute approximate surface area is 87.9 Å². The second-order valence-electron chi connectivity index (χ2n) is 3.74. The van der Waals surface area contributed by atoms with Crippen LogP contribution in [0, 0.1) is 5.41 Å². The Morgan fingerprint density at radius 2 is 2.07 bits per heavy atom. The van der Waals surface area contributed by atoms with E-state index in [4.69, 9.17) is 14.9 Å². The molecule has 3 rings (SSSR count). The lowest BCUT2D eigenvalue weighted by molar-refractivity contribution is 0.174. The Morgan fingerprint density at radius 3 is 2.87 bits per heavy atom. The molecule has 15 heavy (non-hydrogen) atoms. The fourth-order valence-corrected chi connectivity index (χ4v) is 2.01. The molecule has 0 radical (unpaired) electrons. The van der Waals surface area contributed by atoms with Crippen LogP contribution in [0.2, 0.25) is 0 Å². The molecule has 1 aromatic rings. The van der Waals surface area contributed by atoms with Crippen molar-refractivity contribution in [3.8, 4) is 11.5 Å². The number of ether oxygens (including phenoxy) is 2. The van der Waals surface area contributed by atoms with Crippen LogP contribution in [0.15, 0.2) is 18.2 Å². The van der Waals surface area contributed by atoms with Crippen molar-refractivity contribution in [1.82, 2.24) is 0 Å². The lowest BCUT2D eigenvalue weighted by Crippen LogP contribution is -2.22. The summed E-state index contributed by atoms with van der Waals surface area (Å²) in [6.07, 6.45) is 1.93. The number of amidine groups is 1. The van der Waals surface area contributed by atoms with E-state index in [-0.39, 0.29) is 0 Å². The molecule has 1 aromatic carbocycles. The Bertz CT molecular complexity index is 417. The van der Waals surface area contributed by atoms with Crippen LogP contribution in [0.1, 0.15) is 12.8 Å². The van der Waals surface area contributed by atoms with E-state index in [2.05, 4.69) is 0 Å². The fraction of sp³-hybridized carbons (Fsp3) is 0.364. The molecule has 0 unspecified atom stereocenters. The number of rotatable bonds is 1. The Balaban J connectivity index is 1.95. The van der Waals surface area contributed by atoms with Crippen molar-refractivity contribution in [3.05, 3.63) is 18.2 Å². The number of hydrogen-bond donors (Lipinski definition) is 1. The van der Waals surface area contributed by atoms with Gasteiger partial charge in [-0.25, -0.2) is 0 Å². The van der Waals surface area contributed by atoms with Crippen molar-refractivity contribution in [1.29, 1.82) is 5.41 Å². The highest BCUT2D eigenvalue weighted by Gasteiger charge is 2.21. The summed E-state index contributed by atoms with van der Waals surface area (Å²) in [5, 5.41) is 7.79. The molecule has 0 amide bonds. The zero-order chi connectivity index (χ0) is 10.3. The molecule has 4 heteroatoms. The smallest absolute Gasteiger partial charge is 0.231 e. The maximum atomic E-state index is 7.79. The zero-order valence-electron chi connectivity index (χ0n) is 8.32. The molecular formula is C11H12N2O2. The summed E-state index contributed by atoms with van der Waals surface area (Å²) in [4.78, 5) is 2.02. The van der Waals surface area contributed by atoms with Crippen LogP contribution < -0.4 is 14.4 Å². The minimum atomic E-state index is 0.302. The first-order chi connectivity index (χ1) is 7.34. The first-order valence-corrected chi connectivity index (χ1v) is 5.09. The van der Waals surface area contributed by atoms with Gasteiger partial charge in [-0.2, -0.15) is 0 Å². The third kappa shape index (κ3) is 1.33. The maximum Gasteiger partial charge on any atom is 0.231 e. The van der Waals surface area contributed by atoms with Crippen LogP contribution in [0.5, 0.6) is 11.5 Å².